The number of aromatic nitrogens is 4. The normalized spacial score (nSPS) is 11.8. The highest BCUT2D eigenvalue weighted by molar-refractivity contribution is 6.06. The van der Waals surface area contributed by atoms with E-state index in [1.54, 1.807) is 0 Å². The summed E-state index contributed by atoms with van der Waals surface area (Å²) in [6, 6.07) is 4.89. The van der Waals surface area contributed by atoms with Gasteiger partial charge in [-0.05, 0) is 36.8 Å². The summed E-state index contributed by atoms with van der Waals surface area (Å²) < 4.78 is 66.8. The summed E-state index contributed by atoms with van der Waals surface area (Å²) in [6.45, 7) is 1.48. The maximum absolute atomic E-state index is 13.8. The molecule has 154 valence electrons. The number of carbonyl (C=O) groups excluding carboxylic acids is 1. The van der Waals surface area contributed by atoms with Crippen LogP contribution in [0.3, 0.4) is 0 Å². The molecule has 3 N–H and O–H groups in total. The molecule has 6 nitrogen and oxygen atoms in total. The molecule has 4 rings (SSSR count). The van der Waals surface area contributed by atoms with Crippen molar-refractivity contribution in [2.45, 2.75) is 13.1 Å². The molecule has 0 unspecified atom stereocenters. The van der Waals surface area contributed by atoms with Crippen LogP contribution in [0.5, 0.6) is 0 Å². The van der Waals surface area contributed by atoms with E-state index in [0.717, 1.165) is 30.3 Å². The predicted octanol–water partition coefficient (Wildman–Crippen LogP) is 4.81. The standard InChI is InChI=1S/C19H12F5N5O/c1-8-5-9(19(22,23)24)6-12-15(8)28-17(26-12)16-13(7-25-29-16)27-18(30)14-10(20)3-2-4-11(14)21/h2-7H,1H3,(H,25,29)(H,26,28)(H,27,30). The van der Waals surface area contributed by atoms with Gasteiger partial charge in [-0.25, -0.2) is 13.8 Å². The summed E-state index contributed by atoms with van der Waals surface area (Å²) in [4.78, 5) is 19.3. The minimum absolute atomic E-state index is 0.0374. The Labute approximate surface area is 165 Å². The predicted molar refractivity (Wildman–Crippen MR) is 97.7 cm³/mol. The molecular formula is C19H12F5N5O. The number of hydrogen-bond donors (Lipinski definition) is 3. The topological polar surface area (TPSA) is 86.5 Å². The lowest BCUT2D eigenvalue weighted by atomic mass is 10.1. The van der Waals surface area contributed by atoms with Crippen LogP contribution in [0.1, 0.15) is 21.5 Å². The zero-order valence-electron chi connectivity index (χ0n) is 15.2. The third kappa shape index (κ3) is 3.38. The molecule has 0 fully saturated rings. The fraction of sp³-hybridized carbons (Fsp3) is 0.105. The van der Waals surface area contributed by atoms with E-state index < -0.39 is 34.8 Å². The van der Waals surface area contributed by atoms with Crippen molar-refractivity contribution < 1.29 is 26.7 Å². The fourth-order valence-electron chi connectivity index (χ4n) is 3.03. The van der Waals surface area contributed by atoms with E-state index in [1.165, 1.54) is 13.1 Å². The summed E-state index contributed by atoms with van der Waals surface area (Å²) in [5.41, 5.74) is -0.819. The van der Waals surface area contributed by atoms with Crippen LogP contribution in [0.4, 0.5) is 27.6 Å². The number of fused-ring (bicyclic) bond motifs is 1. The molecular weight excluding hydrogens is 409 g/mol. The Morgan fingerprint density at radius 2 is 1.83 bits per heavy atom. The van der Waals surface area contributed by atoms with Gasteiger partial charge >= 0.3 is 6.18 Å². The maximum atomic E-state index is 13.8. The zero-order valence-corrected chi connectivity index (χ0v) is 15.2. The van der Waals surface area contributed by atoms with Crippen LogP contribution < -0.4 is 5.32 Å². The summed E-state index contributed by atoms with van der Waals surface area (Å²) in [5.74, 6) is -3.08. The Balaban J connectivity index is 1.72. The van der Waals surface area contributed by atoms with Crippen molar-refractivity contribution in [1.82, 2.24) is 20.2 Å². The molecule has 1 amide bonds. The minimum atomic E-state index is -4.53. The van der Waals surface area contributed by atoms with Gasteiger partial charge in [-0.3, -0.25) is 9.89 Å². The Bertz CT molecular complexity index is 1250. The third-order valence-corrected chi connectivity index (χ3v) is 4.41. The number of aromatic amines is 2. The van der Waals surface area contributed by atoms with Gasteiger partial charge in [0, 0.05) is 6.20 Å². The first-order valence-corrected chi connectivity index (χ1v) is 8.52. The number of anilines is 1. The van der Waals surface area contributed by atoms with Crippen molar-refractivity contribution in [2.75, 3.05) is 5.32 Å². The van der Waals surface area contributed by atoms with Gasteiger partial charge in [0.15, 0.2) is 11.5 Å². The van der Waals surface area contributed by atoms with E-state index >= 15 is 0 Å². The second kappa shape index (κ2) is 6.94. The summed E-state index contributed by atoms with van der Waals surface area (Å²) in [5, 5.41) is 8.75. The molecule has 0 bridgehead atoms. The SMILES string of the molecule is Cc1cc(C(F)(F)F)cc2[nH]c(-c3n[nH]cc3NC(=O)c3c(F)cccc3F)nc12. The molecule has 2 heterocycles. The smallest absolute Gasteiger partial charge is 0.336 e. The highest BCUT2D eigenvalue weighted by atomic mass is 19.4. The molecule has 0 aliphatic carbocycles. The van der Waals surface area contributed by atoms with Gasteiger partial charge < -0.3 is 10.3 Å². The highest BCUT2D eigenvalue weighted by Gasteiger charge is 2.31. The molecule has 0 aliphatic rings. The molecule has 30 heavy (non-hydrogen) atoms. The summed E-state index contributed by atoms with van der Waals surface area (Å²) in [7, 11) is 0. The first-order valence-electron chi connectivity index (χ1n) is 8.52. The number of rotatable bonds is 3. The van der Waals surface area contributed by atoms with E-state index in [4.69, 9.17) is 0 Å². The lowest BCUT2D eigenvalue weighted by Gasteiger charge is -2.07. The van der Waals surface area contributed by atoms with Gasteiger partial charge in [-0.2, -0.15) is 18.3 Å². The number of carbonyl (C=O) groups is 1. The van der Waals surface area contributed by atoms with Crippen molar-refractivity contribution in [2.24, 2.45) is 0 Å². The third-order valence-electron chi connectivity index (χ3n) is 4.41. The number of halogens is 5. The van der Waals surface area contributed by atoms with Crippen LogP contribution >= 0.6 is 0 Å². The van der Waals surface area contributed by atoms with Gasteiger partial charge in [0.2, 0.25) is 0 Å². The molecule has 2 aromatic heterocycles. The molecule has 11 heteroatoms. The molecule has 2 aromatic carbocycles. The fourth-order valence-corrected chi connectivity index (χ4v) is 3.03. The largest absolute Gasteiger partial charge is 0.416 e. The van der Waals surface area contributed by atoms with Gasteiger partial charge in [0.1, 0.15) is 17.2 Å². The Morgan fingerprint density at radius 1 is 1.13 bits per heavy atom. The van der Waals surface area contributed by atoms with E-state index in [-0.39, 0.29) is 28.3 Å². The number of nitrogens with one attached hydrogen (secondary N) is 3. The van der Waals surface area contributed by atoms with E-state index in [2.05, 4.69) is 25.5 Å². The van der Waals surface area contributed by atoms with Crippen molar-refractivity contribution in [1.29, 1.82) is 0 Å². The average Bonchev–Trinajstić information content (AvgIpc) is 3.27. The number of imidazole rings is 1. The van der Waals surface area contributed by atoms with Crippen LogP contribution in [-0.2, 0) is 6.18 Å². The van der Waals surface area contributed by atoms with E-state index in [1.807, 2.05) is 0 Å². The van der Waals surface area contributed by atoms with Crippen LogP contribution in [0, 0.1) is 18.6 Å². The maximum Gasteiger partial charge on any atom is 0.416 e. The van der Waals surface area contributed by atoms with Crippen LogP contribution in [-0.4, -0.2) is 26.1 Å². The number of H-pyrrole nitrogens is 2. The average molecular weight is 421 g/mol. The van der Waals surface area contributed by atoms with Gasteiger partial charge in [0.25, 0.3) is 5.91 Å². The second-order valence-corrected chi connectivity index (χ2v) is 6.47. The zero-order chi connectivity index (χ0) is 21.6. The van der Waals surface area contributed by atoms with Gasteiger partial charge in [-0.1, -0.05) is 6.07 Å². The Morgan fingerprint density at radius 3 is 2.50 bits per heavy atom. The van der Waals surface area contributed by atoms with Crippen molar-refractivity contribution >= 4 is 22.6 Å². The number of alkyl halides is 3. The molecule has 4 aromatic rings. The molecule has 0 radical (unpaired) electrons. The molecule has 0 atom stereocenters. The van der Waals surface area contributed by atoms with Gasteiger partial charge in [-0.15, -0.1) is 0 Å². The second-order valence-electron chi connectivity index (χ2n) is 6.47. The number of benzene rings is 2. The summed E-state index contributed by atoms with van der Waals surface area (Å²) in [6.07, 6.45) is -3.27. The summed E-state index contributed by atoms with van der Waals surface area (Å²) >= 11 is 0. The quantitative estimate of drug-likeness (QED) is 0.415. The number of nitrogens with zero attached hydrogens (tertiary/aromatic N) is 2. The van der Waals surface area contributed by atoms with E-state index in [9.17, 15) is 26.7 Å². The van der Waals surface area contributed by atoms with Crippen molar-refractivity contribution in [3.63, 3.8) is 0 Å². The Hall–Kier alpha value is -3.76. The molecule has 0 spiro atoms. The van der Waals surface area contributed by atoms with E-state index in [0.29, 0.717) is 5.52 Å². The lowest BCUT2D eigenvalue weighted by Crippen LogP contribution is -2.16. The van der Waals surface area contributed by atoms with Gasteiger partial charge in [0.05, 0.1) is 22.3 Å². The lowest BCUT2D eigenvalue weighted by molar-refractivity contribution is -0.137. The van der Waals surface area contributed by atoms with Crippen LogP contribution in [0.25, 0.3) is 22.6 Å². The molecule has 0 aliphatic heterocycles. The number of hydrogen-bond acceptors (Lipinski definition) is 3. The van der Waals surface area contributed by atoms with Crippen molar-refractivity contribution in [3.05, 3.63) is 64.9 Å². The Kier molecular flexibility index (Phi) is 4.52. The number of amides is 1. The minimum Gasteiger partial charge on any atom is -0.336 e. The van der Waals surface area contributed by atoms with Crippen LogP contribution in [0.2, 0.25) is 0 Å². The van der Waals surface area contributed by atoms with Crippen molar-refractivity contribution in [3.8, 4) is 11.5 Å². The van der Waals surface area contributed by atoms with Crippen LogP contribution in [0.15, 0.2) is 36.5 Å². The molecule has 0 saturated heterocycles. The first kappa shape index (κ1) is 19.6. The highest BCUT2D eigenvalue weighted by Crippen LogP contribution is 2.34. The monoisotopic (exact) mass is 421 g/mol. The number of aryl methyl sites for hydroxylation is 1. The first-order chi connectivity index (χ1) is 14.1. The molecule has 0 saturated carbocycles.